The Morgan fingerprint density at radius 1 is 1.10 bits per heavy atom. The number of ether oxygens (including phenoxy) is 2. The van der Waals surface area contributed by atoms with Gasteiger partial charge in [0.1, 0.15) is 17.9 Å². The highest BCUT2D eigenvalue weighted by Gasteiger charge is 2.33. The second kappa shape index (κ2) is 8.36. The van der Waals surface area contributed by atoms with Crippen molar-refractivity contribution in [2.75, 3.05) is 17.9 Å². The first-order valence-corrected chi connectivity index (χ1v) is 10.0. The number of benzene rings is 2. The molecule has 0 saturated carbocycles. The van der Waals surface area contributed by atoms with E-state index in [1.165, 1.54) is 12.4 Å². The van der Waals surface area contributed by atoms with Crippen molar-refractivity contribution in [3.63, 3.8) is 0 Å². The molecule has 0 unspecified atom stereocenters. The van der Waals surface area contributed by atoms with Crippen molar-refractivity contribution in [2.24, 2.45) is 0 Å². The molecule has 12 heteroatoms. The minimum absolute atomic E-state index is 0.0774. The Balaban J connectivity index is 1.58. The Kier molecular flexibility index (Phi) is 5.80. The summed E-state index contributed by atoms with van der Waals surface area (Å²) >= 11 is 1.82. The van der Waals surface area contributed by atoms with Crippen molar-refractivity contribution in [1.82, 2.24) is 9.36 Å². The Bertz CT molecular complexity index is 1040. The van der Waals surface area contributed by atoms with Crippen LogP contribution in [0.1, 0.15) is 17.0 Å². The lowest BCUT2D eigenvalue weighted by molar-refractivity contribution is -0.137. The first-order chi connectivity index (χ1) is 14.3. The third kappa shape index (κ3) is 4.65. The van der Waals surface area contributed by atoms with E-state index in [0.717, 1.165) is 47.7 Å². The van der Waals surface area contributed by atoms with E-state index >= 15 is 0 Å². The van der Waals surface area contributed by atoms with E-state index in [9.17, 15) is 22.0 Å². The van der Waals surface area contributed by atoms with Crippen LogP contribution in [0.4, 0.5) is 27.1 Å². The normalized spacial score (nSPS) is 14.4. The molecule has 1 fully saturated rings. The van der Waals surface area contributed by atoms with Crippen LogP contribution in [0.3, 0.4) is 0 Å². The number of halogens is 5. The molecule has 5 nitrogen and oxygen atoms in total. The molecular formula is C18H12F5N3O2S2. The molecule has 1 aromatic heterocycles. The summed E-state index contributed by atoms with van der Waals surface area (Å²) in [6.45, 7) is 0.578. The number of hydrogen-bond acceptors (Lipinski definition) is 7. The molecule has 158 valence electrons. The molecule has 0 aliphatic carbocycles. The zero-order chi connectivity index (χ0) is 21.3. The van der Waals surface area contributed by atoms with Crippen molar-refractivity contribution >= 4 is 28.6 Å². The van der Waals surface area contributed by atoms with Crippen LogP contribution in [0.5, 0.6) is 11.5 Å². The molecule has 1 saturated heterocycles. The second-order valence-electron chi connectivity index (χ2n) is 6.29. The number of aromatic nitrogens is 2. The van der Waals surface area contributed by atoms with Gasteiger partial charge >= 0.3 is 6.18 Å². The van der Waals surface area contributed by atoms with Gasteiger partial charge in [0.15, 0.2) is 11.6 Å². The maximum atomic E-state index is 14.5. The first kappa shape index (κ1) is 20.8. The summed E-state index contributed by atoms with van der Waals surface area (Å²) in [5.41, 5.74) is -0.573. The average molecular weight is 461 g/mol. The Hall–Kier alpha value is -2.44. The summed E-state index contributed by atoms with van der Waals surface area (Å²) in [6, 6.07) is 4.80. The van der Waals surface area contributed by atoms with Gasteiger partial charge in [-0.25, -0.2) is 13.8 Å². The summed E-state index contributed by atoms with van der Waals surface area (Å²) in [6.07, 6.45) is -3.31. The third-order valence-corrected chi connectivity index (χ3v) is 5.73. The maximum absolute atomic E-state index is 14.5. The summed E-state index contributed by atoms with van der Waals surface area (Å²) in [7, 11) is 0. The summed E-state index contributed by atoms with van der Waals surface area (Å²) in [5, 5.41) is 0.400. The van der Waals surface area contributed by atoms with Gasteiger partial charge in [-0.1, -0.05) is 0 Å². The highest BCUT2D eigenvalue weighted by molar-refractivity contribution is 8.00. The molecular weight excluding hydrogens is 449 g/mol. The van der Waals surface area contributed by atoms with Crippen LogP contribution in [0, 0.1) is 11.6 Å². The molecule has 2 aromatic carbocycles. The number of rotatable bonds is 6. The molecule has 30 heavy (non-hydrogen) atoms. The van der Waals surface area contributed by atoms with E-state index in [2.05, 4.69) is 14.1 Å². The van der Waals surface area contributed by atoms with Gasteiger partial charge in [-0.3, -0.25) is 0 Å². The molecule has 0 atom stereocenters. The summed E-state index contributed by atoms with van der Waals surface area (Å²) in [5.74, 6) is -2.71. The van der Waals surface area contributed by atoms with Crippen LogP contribution in [-0.4, -0.2) is 22.6 Å². The van der Waals surface area contributed by atoms with Crippen LogP contribution in [0.25, 0.3) is 0 Å². The first-order valence-electron chi connectivity index (χ1n) is 8.46. The Morgan fingerprint density at radius 3 is 2.53 bits per heavy atom. The molecule has 0 amide bonds. The fourth-order valence-corrected chi connectivity index (χ4v) is 3.75. The van der Waals surface area contributed by atoms with E-state index < -0.39 is 29.1 Å². The number of nitrogens with one attached hydrogen (secondary N) is 1. The molecule has 0 radical (unpaired) electrons. The smallest absolute Gasteiger partial charge is 0.416 e. The zero-order valence-electron chi connectivity index (χ0n) is 14.9. The van der Waals surface area contributed by atoms with Gasteiger partial charge in [-0.05, 0) is 41.8 Å². The van der Waals surface area contributed by atoms with Gasteiger partial charge in [-0.15, -0.1) is 0 Å². The fraction of sp³-hybridized carbons (Fsp3) is 0.222. The van der Waals surface area contributed by atoms with E-state index in [1.54, 1.807) is 0 Å². The molecule has 1 N–H and O–H groups in total. The zero-order valence-corrected chi connectivity index (χ0v) is 16.5. The summed E-state index contributed by atoms with van der Waals surface area (Å²) in [4.78, 5) is 3.78. The fourth-order valence-electron chi connectivity index (χ4n) is 2.62. The monoisotopic (exact) mass is 461 g/mol. The lowest BCUT2D eigenvalue weighted by Gasteiger charge is -2.27. The van der Waals surface area contributed by atoms with Crippen LogP contribution >= 0.6 is 23.5 Å². The van der Waals surface area contributed by atoms with Crippen LogP contribution in [-0.2, 0) is 10.9 Å². The van der Waals surface area contributed by atoms with E-state index in [0.29, 0.717) is 10.7 Å². The van der Waals surface area contributed by atoms with Gasteiger partial charge in [0, 0.05) is 23.5 Å². The van der Waals surface area contributed by atoms with E-state index in [1.807, 2.05) is 0 Å². The predicted octanol–water partition coefficient (Wildman–Crippen LogP) is 5.86. The minimum Gasteiger partial charge on any atom is -0.454 e. The molecule has 0 bridgehead atoms. The van der Waals surface area contributed by atoms with Crippen molar-refractivity contribution in [3.05, 3.63) is 59.4 Å². The maximum Gasteiger partial charge on any atom is 0.416 e. The number of anilines is 1. The van der Waals surface area contributed by atoms with Crippen molar-refractivity contribution in [3.8, 4) is 11.5 Å². The Labute approximate surface area is 175 Å². The molecule has 3 aromatic rings. The minimum atomic E-state index is -4.61. The second-order valence-corrected chi connectivity index (χ2v) is 7.92. The van der Waals surface area contributed by atoms with Crippen LogP contribution < -0.4 is 9.46 Å². The predicted molar refractivity (Wildman–Crippen MR) is 101 cm³/mol. The summed E-state index contributed by atoms with van der Waals surface area (Å²) < 4.78 is 85.3. The van der Waals surface area contributed by atoms with Crippen molar-refractivity contribution in [2.45, 2.75) is 17.0 Å². The topological polar surface area (TPSA) is 56.3 Å². The Morgan fingerprint density at radius 2 is 1.90 bits per heavy atom. The average Bonchev–Trinajstić information content (AvgIpc) is 3.14. The van der Waals surface area contributed by atoms with E-state index in [-0.39, 0.29) is 29.8 Å². The SMILES string of the molecule is Fc1cc(SNc2ncns2)c(F)cc1Oc1cc(C2COC2)cc(C(F)(F)F)c1. The van der Waals surface area contributed by atoms with Gasteiger partial charge < -0.3 is 14.2 Å². The van der Waals surface area contributed by atoms with Gasteiger partial charge in [0.05, 0.1) is 23.7 Å². The largest absolute Gasteiger partial charge is 0.454 e. The van der Waals surface area contributed by atoms with Crippen LogP contribution in [0.2, 0.25) is 0 Å². The molecule has 4 rings (SSSR count). The third-order valence-electron chi connectivity index (χ3n) is 4.19. The quantitative estimate of drug-likeness (QED) is 0.367. The van der Waals surface area contributed by atoms with Crippen LogP contribution in [0.15, 0.2) is 41.6 Å². The molecule has 1 aliphatic rings. The van der Waals surface area contributed by atoms with E-state index in [4.69, 9.17) is 9.47 Å². The van der Waals surface area contributed by atoms with Crippen molar-refractivity contribution < 1.29 is 31.4 Å². The highest BCUT2D eigenvalue weighted by atomic mass is 32.2. The molecule has 0 spiro atoms. The number of hydrogen-bond donors (Lipinski definition) is 1. The number of alkyl halides is 3. The van der Waals surface area contributed by atoms with Crippen molar-refractivity contribution in [1.29, 1.82) is 0 Å². The lowest BCUT2D eigenvalue weighted by Crippen LogP contribution is -2.25. The highest BCUT2D eigenvalue weighted by Crippen LogP contribution is 2.38. The molecule has 1 aliphatic heterocycles. The van der Waals surface area contributed by atoms with Gasteiger partial charge in [-0.2, -0.15) is 17.5 Å². The standard InChI is InChI=1S/C18H12F5N3O2S2/c19-13-5-16(29-26-17-24-8-25-30-17)14(20)4-15(13)28-12-2-9(10-6-27-7-10)1-11(3-12)18(21,22)23/h1-5,8,10H,6-7H2,(H,24,25,26). The molecule has 2 heterocycles. The van der Waals surface area contributed by atoms with Gasteiger partial charge in [0.2, 0.25) is 5.13 Å². The van der Waals surface area contributed by atoms with Gasteiger partial charge in [0.25, 0.3) is 0 Å². The number of nitrogens with zero attached hydrogens (tertiary/aromatic N) is 2. The lowest BCUT2D eigenvalue weighted by atomic mass is 9.95.